The average Bonchev–Trinajstić information content (AvgIpc) is 3.36. The molecule has 0 spiro atoms. The Balaban J connectivity index is 1.56. The van der Waals surface area contributed by atoms with Gasteiger partial charge in [-0.15, -0.1) is 0 Å². The number of hydrogen-bond acceptors (Lipinski definition) is 4. The molecule has 6 nitrogen and oxygen atoms in total. The van der Waals surface area contributed by atoms with Crippen molar-refractivity contribution >= 4 is 11.7 Å². The summed E-state index contributed by atoms with van der Waals surface area (Å²) in [5, 5.41) is 3.05. The van der Waals surface area contributed by atoms with Gasteiger partial charge in [0.1, 0.15) is 11.5 Å². The van der Waals surface area contributed by atoms with Crippen molar-refractivity contribution in [1.29, 1.82) is 0 Å². The highest BCUT2D eigenvalue weighted by molar-refractivity contribution is 5.90. The number of carbonyl (C=O) groups excluding carboxylic acids is 1. The maximum atomic E-state index is 13.1. The van der Waals surface area contributed by atoms with Gasteiger partial charge in [-0.1, -0.05) is 31.2 Å². The van der Waals surface area contributed by atoms with E-state index in [2.05, 4.69) is 12.2 Å². The molecule has 2 heterocycles. The maximum Gasteiger partial charge on any atom is 0.322 e. The number of ether oxygens (including phenoxy) is 2. The molecule has 1 aliphatic rings. The Bertz CT molecular complexity index is 1010. The number of aryl methyl sites for hydroxylation is 2. The van der Waals surface area contributed by atoms with Gasteiger partial charge in [-0.3, -0.25) is 0 Å². The zero-order valence-electron chi connectivity index (χ0n) is 16.6. The molecule has 0 saturated heterocycles. The molecule has 0 radical (unpaired) electrons. The molecule has 4 rings (SSSR count). The number of rotatable bonds is 6. The van der Waals surface area contributed by atoms with Crippen molar-refractivity contribution < 1.29 is 18.7 Å². The maximum absolute atomic E-state index is 13.1. The monoisotopic (exact) mass is 392 g/mol. The fourth-order valence-corrected chi connectivity index (χ4v) is 3.36. The van der Waals surface area contributed by atoms with Gasteiger partial charge in [0.05, 0.1) is 6.54 Å². The summed E-state index contributed by atoms with van der Waals surface area (Å²) in [7, 11) is 0. The molecular formula is C23H24N2O4. The lowest BCUT2D eigenvalue weighted by molar-refractivity contribution is 0.174. The summed E-state index contributed by atoms with van der Waals surface area (Å²) in [4.78, 5) is 14.9. The van der Waals surface area contributed by atoms with Crippen LogP contribution in [0.3, 0.4) is 0 Å². The van der Waals surface area contributed by atoms with Gasteiger partial charge in [-0.25, -0.2) is 4.79 Å². The zero-order chi connectivity index (χ0) is 20.2. The summed E-state index contributed by atoms with van der Waals surface area (Å²) in [6.07, 6.45) is 0.843. The molecule has 29 heavy (non-hydrogen) atoms. The van der Waals surface area contributed by atoms with E-state index in [0.717, 1.165) is 40.5 Å². The second-order valence-corrected chi connectivity index (χ2v) is 7.00. The van der Waals surface area contributed by atoms with Gasteiger partial charge in [0.2, 0.25) is 6.79 Å². The molecule has 0 aliphatic carbocycles. The van der Waals surface area contributed by atoms with Crippen molar-refractivity contribution in [1.82, 2.24) is 4.90 Å². The van der Waals surface area contributed by atoms with Crippen LogP contribution in [0.4, 0.5) is 10.5 Å². The Kier molecular flexibility index (Phi) is 5.42. The molecule has 1 aromatic heterocycles. The third-order valence-electron chi connectivity index (χ3n) is 4.88. The minimum atomic E-state index is -0.183. The van der Waals surface area contributed by atoms with Gasteiger partial charge in [-0.05, 0) is 54.8 Å². The molecule has 1 N–H and O–H groups in total. The molecule has 3 aromatic rings. The van der Waals surface area contributed by atoms with Gasteiger partial charge < -0.3 is 24.1 Å². The van der Waals surface area contributed by atoms with E-state index in [1.165, 1.54) is 0 Å². The van der Waals surface area contributed by atoms with Gasteiger partial charge in [0, 0.05) is 12.2 Å². The minimum absolute atomic E-state index is 0.183. The lowest BCUT2D eigenvalue weighted by Crippen LogP contribution is -2.34. The van der Waals surface area contributed by atoms with Crippen LogP contribution in [-0.2, 0) is 19.5 Å². The molecular weight excluding hydrogens is 368 g/mol. The summed E-state index contributed by atoms with van der Waals surface area (Å²) in [6, 6.07) is 17.2. The van der Waals surface area contributed by atoms with Crippen LogP contribution in [-0.4, -0.2) is 17.7 Å². The van der Waals surface area contributed by atoms with E-state index >= 15 is 0 Å². The van der Waals surface area contributed by atoms with Crippen LogP contribution in [0.5, 0.6) is 11.5 Å². The standard InChI is InChI=1S/C23H24N2O4/c1-3-18-6-4-5-7-20(18)24-23(26)25(14-19-10-8-16(2)29-19)13-17-9-11-21-22(12-17)28-15-27-21/h4-12H,3,13-15H2,1-2H3,(H,24,26). The Labute approximate surface area is 170 Å². The lowest BCUT2D eigenvalue weighted by atomic mass is 10.1. The van der Waals surface area contributed by atoms with Crippen molar-refractivity contribution in [3.63, 3.8) is 0 Å². The van der Waals surface area contributed by atoms with Crippen molar-refractivity contribution in [2.45, 2.75) is 33.4 Å². The molecule has 2 aromatic carbocycles. The van der Waals surface area contributed by atoms with Crippen molar-refractivity contribution in [3.8, 4) is 11.5 Å². The second kappa shape index (κ2) is 8.31. The van der Waals surface area contributed by atoms with Crippen LogP contribution < -0.4 is 14.8 Å². The number of anilines is 1. The molecule has 1 aliphatic heterocycles. The van der Waals surface area contributed by atoms with Crippen molar-refractivity contribution in [2.24, 2.45) is 0 Å². The molecule has 6 heteroatoms. The molecule has 2 amide bonds. The van der Waals surface area contributed by atoms with E-state index < -0.39 is 0 Å². The Morgan fingerprint density at radius 1 is 1.03 bits per heavy atom. The third-order valence-corrected chi connectivity index (χ3v) is 4.88. The largest absolute Gasteiger partial charge is 0.464 e. The number of para-hydroxylation sites is 1. The highest BCUT2D eigenvalue weighted by Gasteiger charge is 2.20. The van der Waals surface area contributed by atoms with Crippen LogP contribution in [0.1, 0.15) is 29.6 Å². The number of carbonyl (C=O) groups is 1. The third kappa shape index (κ3) is 4.37. The van der Waals surface area contributed by atoms with E-state index in [4.69, 9.17) is 13.9 Å². The number of urea groups is 1. The number of benzene rings is 2. The first kappa shape index (κ1) is 18.9. The first-order valence-corrected chi connectivity index (χ1v) is 9.70. The number of furan rings is 1. The molecule has 0 atom stereocenters. The summed E-state index contributed by atoms with van der Waals surface area (Å²) < 4.78 is 16.6. The fraction of sp³-hybridized carbons (Fsp3) is 0.261. The number of hydrogen-bond donors (Lipinski definition) is 1. The quantitative estimate of drug-likeness (QED) is 0.633. The van der Waals surface area contributed by atoms with Gasteiger partial charge in [0.15, 0.2) is 11.5 Å². The zero-order valence-corrected chi connectivity index (χ0v) is 16.6. The van der Waals surface area contributed by atoms with Crippen molar-refractivity contribution in [2.75, 3.05) is 12.1 Å². The Morgan fingerprint density at radius 2 is 1.86 bits per heavy atom. The summed E-state index contributed by atoms with van der Waals surface area (Å²) in [5.74, 6) is 2.98. The predicted molar refractivity (Wildman–Crippen MR) is 110 cm³/mol. The van der Waals surface area contributed by atoms with Crippen LogP contribution in [0.2, 0.25) is 0 Å². The van der Waals surface area contributed by atoms with E-state index in [1.54, 1.807) is 4.90 Å². The smallest absolute Gasteiger partial charge is 0.322 e. The van der Waals surface area contributed by atoms with Gasteiger partial charge >= 0.3 is 6.03 Å². The van der Waals surface area contributed by atoms with Gasteiger partial charge in [0.25, 0.3) is 0 Å². The molecule has 0 saturated carbocycles. The van der Waals surface area contributed by atoms with Crippen LogP contribution in [0.25, 0.3) is 0 Å². The normalized spacial score (nSPS) is 12.1. The first-order chi connectivity index (χ1) is 14.1. The second-order valence-electron chi connectivity index (χ2n) is 7.00. The summed E-state index contributed by atoms with van der Waals surface area (Å²) in [6.45, 7) is 4.96. The summed E-state index contributed by atoms with van der Waals surface area (Å²) >= 11 is 0. The lowest BCUT2D eigenvalue weighted by Gasteiger charge is -2.23. The molecule has 0 bridgehead atoms. The van der Waals surface area contributed by atoms with Crippen molar-refractivity contribution in [3.05, 3.63) is 77.2 Å². The van der Waals surface area contributed by atoms with E-state index in [-0.39, 0.29) is 12.8 Å². The number of nitrogens with one attached hydrogen (secondary N) is 1. The van der Waals surface area contributed by atoms with E-state index in [0.29, 0.717) is 18.8 Å². The first-order valence-electron chi connectivity index (χ1n) is 9.70. The van der Waals surface area contributed by atoms with E-state index in [1.807, 2.05) is 61.5 Å². The molecule has 150 valence electrons. The Morgan fingerprint density at radius 3 is 2.66 bits per heavy atom. The topological polar surface area (TPSA) is 63.9 Å². The Hall–Kier alpha value is -3.41. The highest BCUT2D eigenvalue weighted by Crippen LogP contribution is 2.33. The van der Waals surface area contributed by atoms with Crippen LogP contribution >= 0.6 is 0 Å². The fourth-order valence-electron chi connectivity index (χ4n) is 3.36. The molecule has 0 unspecified atom stereocenters. The predicted octanol–water partition coefficient (Wildman–Crippen LogP) is 5.11. The number of nitrogens with zero attached hydrogens (tertiary/aromatic N) is 1. The minimum Gasteiger partial charge on any atom is -0.464 e. The number of amides is 2. The molecule has 0 fully saturated rings. The van der Waals surface area contributed by atoms with Crippen LogP contribution in [0, 0.1) is 6.92 Å². The van der Waals surface area contributed by atoms with Crippen LogP contribution in [0.15, 0.2) is 59.0 Å². The summed E-state index contributed by atoms with van der Waals surface area (Å²) in [5.41, 5.74) is 2.88. The van der Waals surface area contributed by atoms with Gasteiger partial charge in [-0.2, -0.15) is 0 Å². The highest BCUT2D eigenvalue weighted by atomic mass is 16.7. The average molecular weight is 392 g/mol. The number of fused-ring (bicyclic) bond motifs is 1. The van der Waals surface area contributed by atoms with E-state index in [9.17, 15) is 4.79 Å². The SMILES string of the molecule is CCc1ccccc1NC(=O)N(Cc1ccc2c(c1)OCO2)Cc1ccc(C)o1.